The summed E-state index contributed by atoms with van der Waals surface area (Å²) in [6, 6.07) is 13.9. The number of hydrogen-bond acceptors (Lipinski definition) is 6. The van der Waals surface area contributed by atoms with E-state index < -0.39 is 11.9 Å². The minimum Gasteiger partial charge on any atom is -0.465 e. The third kappa shape index (κ3) is 5.21. The molecular weight excluding hydrogens is 523 g/mol. The Kier molecular flexibility index (Phi) is 6.49. The lowest BCUT2D eigenvalue weighted by Gasteiger charge is -2.19. The summed E-state index contributed by atoms with van der Waals surface area (Å²) in [5.74, 6) is 0.0399. The van der Waals surface area contributed by atoms with Crippen LogP contribution >= 0.6 is 11.6 Å². The van der Waals surface area contributed by atoms with E-state index >= 15 is 4.39 Å². The van der Waals surface area contributed by atoms with E-state index in [1.807, 2.05) is 35.0 Å². The molecule has 3 heterocycles. The van der Waals surface area contributed by atoms with Crippen molar-refractivity contribution in [1.82, 2.24) is 34.7 Å². The first-order chi connectivity index (χ1) is 19.0. The van der Waals surface area contributed by atoms with Crippen LogP contribution in [0.15, 0.2) is 73.6 Å². The highest BCUT2D eigenvalue weighted by molar-refractivity contribution is 6.31. The summed E-state index contributed by atoms with van der Waals surface area (Å²) in [5, 5.41) is 22.4. The Morgan fingerprint density at radius 2 is 1.87 bits per heavy atom. The van der Waals surface area contributed by atoms with Gasteiger partial charge in [-0.3, -0.25) is 10.3 Å². The molecule has 0 radical (unpaired) electrons. The quantitative estimate of drug-likeness (QED) is 0.251. The van der Waals surface area contributed by atoms with Gasteiger partial charge in [0.1, 0.15) is 6.33 Å². The van der Waals surface area contributed by atoms with Gasteiger partial charge in [0.25, 0.3) is 0 Å². The molecule has 3 aromatic heterocycles. The predicted octanol–water partition coefficient (Wildman–Crippen LogP) is 5.86. The molecule has 0 bridgehead atoms. The molecule has 1 amide bonds. The van der Waals surface area contributed by atoms with Gasteiger partial charge in [0.15, 0.2) is 5.82 Å². The van der Waals surface area contributed by atoms with Crippen LogP contribution in [0.25, 0.3) is 28.1 Å². The van der Waals surface area contributed by atoms with Crippen molar-refractivity contribution in [3.8, 4) is 28.1 Å². The zero-order chi connectivity index (χ0) is 26.9. The topological polar surface area (TPSA) is 124 Å². The number of tetrazole rings is 1. The van der Waals surface area contributed by atoms with E-state index in [9.17, 15) is 4.79 Å². The fourth-order valence-electron chi connectivity index (χ4n) is 4.60. The number of aromatic nitrogens is 7. The molecule has 196 valence electrons. The second-order valence-corrected chi connectivity index (χ2v) is 9.80. The number of carboxylic acid groups (broad SMARTS) is 1. The molecular formula is C27H22ClFN8O2. The minimum absolute atomic E-state index is 0.00442. The van der Waals surface area contributed by atoms with Crippen molar-refractivity contribution in [2.24, 2.45) is 5.92 Å². The molecule has 6 rings (SSSR count). The number of nitrogens with one attached hydrogen (secondary N) is 1. The van der Waals surface area contributed by atoms with E-state index in [1.165, 1.54) is 29.9 Å². The van der Waals surface area contributed by atoms with Crippen molar-refractivity contribution in [2.75, 3.05) is 5.32 Å². The van der Waals surface area contributed by atoms with Crippen molar-refractivity contribution >= 4 is 23.4 Å². The summed E-state index contributed by atoms with van der Waals surface area (Å²) in [6.07, 6.45) is 8.94. The van der Waals surface area contributed by atoms with E-state index in [1.54, 1.807) is 30.7 Å². The average molecular weight is 545 g/mol. The molecule has 0 saturated heterocycles. The Labute approximate surface area is 227 Å². The van der Waals surface area contributed by atoms with Gasteiger partial charge in [0.05, 0.1) is 34.5 Å². The highest BCUT2D eigenvalue weighted by atomic mass is 35.5. The molecule has 0 spiro atoms. The van der Waals surface area contributed by atoms with Crippen LogP contribution in [0.1, 0.15) is 31.0 Å². The lowest BCUT2D eigenvalue weighted by Crippen LogP contribution is -2.11. The Hall–Kier alpha value is -4.64. The predicted molar refractivity (Wildman–Crippen MR) is 142 cm³/mol. The van der Waals surface area contributed by atoms with E-state index in [0.29, 0.717) is 22.9 Å². The standard InChI is InChI=1S/C27H22ClFN8O2/c28-20-8-10-23(37-15-32-34-35-37)25(26(20)29)18-5-9-21(30-12-18)24(11-16-1-2-16)36-13-22(31-14-36)17-3-6-19(7-4-17)33-27(38)39/h3-10,12-16,24,33H,1-2,11H2,(H,38,39). The SMILES string of the molecule is O=C(O)Nc1ccc(-c2cn(C(CC3CC3)c3ccc(-c4c(-n5cnnn5)ccc(Cl)c4F)cn3)cn2)cc1. The van der Waals surface area contributed by atoms with Crippen LogP contribution in [-0.4, -0.2) is 45.9 Å². The van der Waals surface area contributed by atoms with Crippen molar-refractivity contribution in [3.05, 3.63) is 90.1 Å². The highest BCUT2D eigenvalue weighted by Crippen LogP contribution is 2.40. The van der Waals surface area contributed by atoms with E-state index in [0.717, 1.165) is 23.4 Å². The third-order valence-corrected chi connectivity index (χ3v) is 7.02. The first-order valence-electron chi connectivity index (χ1n) is 12.3. The molecule has 2 N–H and O–H groups in total. The largest absolute Gasteiger partial charge is 0.465 e. The molecule has 1 aliphatic carbocycles. The summed E-state index contributed by atoms with van der Waals surface area (Å²) >= 11 is 6.11. The molecule has 10 nitrogen and oxygen atoms in total. The van der Waals surface area contributed by atoms with Gasteiger partial charge in [-0.2, -0.15) is 4.68 Å². The highest BCUT2D eigenvalue weighted by Gasteiger charge is 2.28. The number of hydrogen-bond donors (Lipinski definition) is 2. The normalized spacial score (nSPS) is 13.8. The van der Waals surface area contributed by atoms with Gasteiger partial charge in [0.2, 0.25) is 0 Å². The monoisotopic (exact) mass is 544 g/mol. The number of halogens is 2. The van der Waals surface area contributed by atoms with Gasteiger partial charge in [-0.1, -0.05) is 42.6 Å². The van der Waals surface area contributed by atoms with Gasteiger partial charge < -0.3 is 9.67 Å². The maximum absolute atomic E-state index is 15.2. The number of rotatable bonds is 8. The molecule has 0 aliphatic heterocycles. The zero-order valence-electron chi connectivity index (χ0n) is 20.4. The number of pyridine rings is 1. The lowest BCUT2D eigenvalue weighted by molar-refractivity contribution is 0.209. The van der Waals surface area contributed by atoms with Crippen molar-refractivity contribution in [3.63, 3.8) is 0 Å². The fourth-order valence-corrected chi connectivity index (χ4v) is 4.75. The molecule has 39 heavy (non-hydrogen) atoms. The summed E-state index contributed by atoms with van der Waals surface area (Å²) < 4.78 is 18.6. The molecule has 1 atom stereocenters. The maximum Gasteiger partial charge on any atom is 0.409 e. The van der Waals surface area contributed by atoms with Crippen LogP contribution in [0.4, 0.5) is 14.9 Å². The zero-order valence-corrected chi connectivity index (χ0v) is 21.2. The van der Waals surface area contributed by atoms with Crippen LogP contribution in [0.3, 0.4) is 0 Å². The van der Waals surface area contributed by atoms with Crippen LogP contribution in [-0.2, 0) is 0 Å². The Bertz CT molecular complexity index is 1620. The lowest BCUT2D eigenvalue weighted by atomic mass is 10.0. The van der Waals surface area contributed by atoms with Crippen molar-refractivity contribution < 1.29 is 14.3 Å². The molecule has 1 unspecified atom stereocenters. The molecule has 1 saturated carbocycles. The van der Waals surface area contributed by atoms with E-state index in [4.69, 9.17) is 21.7 Å². The third-order valence-electron chi connectivity index (χ3n) is 6.73. The number of anilines is 1. The Morgan fingerprint density at radius 1 is 1.08 bits per heavy atom. The van der Waals surface area contributed by atoms with Crippen LogP contribution in [0, 0.1) is 11.7 Å². The number of benzene rings is 2. The van der Waals surface area contributed by atoms with Crippen LogP contribution in [0.5, 0.6) is 0 Å². The number of nitrogens with zero attached hydrogens (tertiary/aromatic N) is 7. The number of amides is 1. The smallest absolute Gasteiger partial charge is 0.409 e. The van der Waals surface area contributed by atoms with Gasteiger partial charge in [-0.05, 0) is 53.1 Å². The van der Waals surface area contributed by atoms with Gasteiger partial charge >= 0.3 is 6.09 Å². The van der Waals surface area contributed by atoms with Gasteiger partial charge in [0, 0.05) is 34.8 Å². The van der Waals surface area contributed by atoms with Gasteiger partial charge in [-0.25, -0.2) is 14.2 Å². The first kappa shape index (κ1) is 24.7. The summed E-state index contributed by atoms with van der Waals surface area (Å²) in [4.78, 5) is 20.2. The maximum atomic E-state index is 15.2. The molecule has 5 aromatic rings. The Morgan fingerprint density at radius 3 is 2.54 bits per heavy atom. The molecule has 2 aromatic carbocycles. The number of carbonyl (C=O) groups is 1. The summed E-state index contributed by atoms with van der Waals surface area (Å²) in [7, 11) is 0. The Balaban J connectivity index is 1.31. The van der Waals surface area contributed by atoms with Crippen LogP contribution in [0.2, 0.25) is 5.02 Å². The van der Waals surface area contributed by atoms with Gasteiger partial charge in [-0.15, -0.1) is 5.10 Å². The second kappa shape index (κ2) is 10.3. The van der Waals surface area contributed by atoms with E-state index in [-0.39, 0.29) is 16.6 Å². The molecule has 1 aliphatic rings. The second-order valence-electron chi connectivity index (χ2n) is 9.39. The van der Waals surface area contributed by atoms with Crippen molar-refractivity contribution in [1.29, 1.82) is 0 Å². The fraction of sp³-hybridized carbons (Fsp3) is 0.185. The van der Waals surface area contributed by atoms with Crippen LogP contribution < -0.4 is 5.32 Å². The molecule has 12 heteroatoms. The summed E-state index contributed by atoms with van der Waals surface area (Å²) in [5.41, 5.74) is 4.22. The van der Waals surface area contributed by atoms with Crippen molar-refractivity contribution in [2.45, 2.75) is 25.3 Å². The van der Waals surface area contributed by atoms with E-state index in [2.05, 4.69) is 25.8 Å². The average Bonchev–Trinajstić information content (AvgIpc) is 3.36. The number of imidazole rings is 1. The summed E-state index contributed by atoms with van der Waals surface area (Å²) in [6.45, 7) is 0. The minimum atomic E-state index is -1.11. The molecule has 1 fully saturated rings. The first-order valence-corrected chi connectivity index (χ1v) is 12.7.